The predicted octanol–water partition coefficient (Wildman–Crippen LogP) is 10.2. The van der Waals surface area contributed by atoms with Crippen LogP contribution in [0.2, 0.25) is 0 Å². The van der Waals surface area contributed by atoms with Crippen LogP contribution in [0.15, 0.2) is 113 Å². The minimum Gasteiger partial charge on any atom is -0.461 e. The van der Waals surface area contributed by atoms with Crippen molar-refractivity contribution in [1.29, 1.82) is 0 Å². The molecule has 3 N–H and O–H groups in total. The number of hydrogen-bond donors (Lipinski definition) is 3. The van der Waals surface area contributed by atoms with Gasteiger partial charge in [0, 0.05) is 53.4 Å². The number of anilines is 1. The lowest BCUT2D eigenvalue weighted by molar-refractivity contribution is -0.437. The number of para-hydroxylation sites is 2. The molecule has 13 nitrogen and oxygen atoms in total. The standard InChI is InChI=1S/C52H68N2O11S3/c1-36(2)35-37(3)49-46(65-49)21-12-30-52(6)43-18-8-10-20-45(43)54(32-14-34-67(58,59)60)48(52)29-23-39-16-11-15-38(50(39)64-40-24-26-41(27-25-40)68(61,62)63)22-28-47-51(4,5)42-17-7-9-19-44(42)53(47)31-13-33-66(55,56)57/h7-10,17-20,22,24-29,36-37,39,46,49H,11-16,21,23,30-35H2,1-6H3,(H2-,55,56,57,58,59,60,61,62,63)/p+1/b28-22+,48-29+. The number of nitrogens with zero attached hydrogens (tertiary/aromatic N) is 2. The quantitative estimate of drug-likeness (QED) is 0.0491. The molecule has 5 atom stereocenters. The number of allylic oxidation sites excluding steroid dienone is 6. The second-order valence-corrected chi connectivity index (χ2v) is 24.8. The molecule has 1 saturated heterocycles. The van der Waals surface area contributed by atoms with Crippen LogP contribution in [0.4, 0.5) is 11.4 Å². The number of ether oxygens (including phenoxy) is 2. The first kappa shape index (κ1) is 51.7. The summed E-state index contributed by atoms with van der Waals surface area (Å²) in [6.07, 6.45) is 14.1. The van der Waals surface area contributed by atoms with Gasteiger partial charge < -0.3 is 14.4 Å². The second-order valence-electron chi connectivity index (χ2n) is 20.3. The summed E-state index contributed by atoms with van der Waals surface area (Å²) in [5.74, 6) is 1.36. The number of hydrogen-bond acceptors (Lipinski definition) is 9. The molecule has 0 saturated carbocycles. The molecule has 1 fully saturated rings. The largest absolute Gasteiger partial charge is 0.461 e. The van der Waals surface area contributed by atoms with Crippen molar-refractivity contribution in [3.8, 4) is 5.75 Å². The van der Waals surface area contributed by atoms with Crippen LogP contribution in [0.1, 0.15) is 117 Å². The molecule has 0 spiro atoms. The van der Waals surface area contributed by atoms with E-state index in [1.54, 1.807) is 0 Å². The van der Waals surface area contributed by atoms with E-state index < -0.39 is 41.2 Å². The van der Waals surface area contributed by atoms with Gasteiger partial charge in [-0.05, 0) is 138 Å². The van der Waals surface area contributed by atoms with Crippen molar-refractivity contribution in [2.45, 2.75) is 134 Å². The van der Waals surface area contributed by atoms with Gasteiger partial charge >= 0.3 is 0 Å². The molecule has 0 aromatic heterocycles. The highest BCUT2D eigenvalue weighted by atomic mass is 32.2. The molecule has 3 aromatic rings. The Morgan fingerprint density at radius 3 is 2.18 bits per heavy atom. The maximum Gasteiger partial charge on any atom is 0.294 e. The Hall–Kier alpha value is -4.16. The van der Waals surface area contributed by atoms with Crippen LogP contribution < -0.4 is 9.64 Å². The average molecular weight is 994 g/mol. The third-order valence-electron chi connectivity index (χ3n) is 14.3. The monoisotopic (exact) mass is 993 g/mol. The van der Waals surface area contributed by atoms with Gasteiger partial charge in [-0.15, -0.1) is 0 Å². The van der Waals surface area contributed by atoms with Crippen molar-refractivity contribution in [2.75, 3.05) is 29.5 Å². The Bertz CT molecular complexity index is 2800. The summed E-state index contributed by atoms with van der Waals surface area (Å²) in [4.78, 5) is 1.97. The Labute approximate surface area is 404 Å². The molecule has 0 amide bonds. The third-order valence-corrected chi connectivity index (χ3v) is 16.8. The second kappa shape index (κ2) is 20.7. The van der Waals surface area contributed by atoms with Gasteiger partial charge in [0.1, 0.15) is 18.1 Å². The van der Waals surface area contributed by atoms with E-state index in [0.29, 0.717) is 43.5 Å². The fourth-order valence-corrected chi connectivity index (χ4v) is 12.5. The first-order chi connectivity index (χ1) is 32.0. The summed E-state index contributed by atoms with van der Waals surface area (Å²) in [6.45, 7) is 14.0. The minimum atomic E-state index is -4.44. The third kappa shape index (κ3) is 12.2. The van der Waals surface area contributed by atoms with Crippen molar-refractivity contribution >= 4 is 47.4 Å². The van der Waals surface area contributed by atoms with E-state index >= 15 is 0 Å². The molecule has 0 radical (unpaired) electrons. The highest BCUT2D eigenvalue weighted by Crippen LogP contribution is 2.52. The Morgan fingerprint density at radius 2 is 1.50 bits per heavy atom. The Kier molecular flexibility index (Phi) is 15.7. The Morgan fingerprint density at radius 1 is 0.838 bits per heavy atom. The van der Waals surface area contributed by atoms with Crippen LogP contribution in [0.25, 0.3) is 0 Å². The van der Waals surface area contributed by atoms with E-state index in [9.17, 15) is 38.9 Å². The lowest BCUT2D eigenvalue weighted by Crippen LogP contribution is -2.30. The zero-order valence-corrected chi connectivity index (χ0v) is 42.6. The molecule has 370 valence electrons. The molecule has 0 bridgehead atoms. The van der Waals surface area contributed by atoms with Gasteiger partial charge in [0.2, 0.25) is 5.69 Å². The van der Waals surface area contributed by atoms with Crippen molar-refractivity contribution in [1.82, 2.24) is 0 Å². The summed E-state index contributed by atoms with van der Waals surface area (Å²) in [5, 5.41) is 0. The smallest absolute Gasteiger partial charge is 0.294 e. The van der Waals surface area contributed by atoms with Crippen LogP contribution in [0.3, 0.4) is 0 Å². The summed E-state index contributed by atoms with van der Waals surface area (Å²) in [6, 6.07) is 22.0. The molecule has 3 aromatic carbocycles. The molecule has 3 heterocycles. The van der Waals surface area contributed by atoms with Gasteiger partial charge in [-0.3, -0.25) is 13.7 Å². The van der Waals surface area contributed by atoms with E-state index in [1.165, 1.54) is 24.3 Å². The van der Waals surface area contributed by atoms with Crippen molar-refractivity contribution in [3.63, 3.8) is 0 Å². The van der Waals surface area contributed by atoms with E-state index in [-0.39, 0.29) is 47.4 Å². The van der Waals surface area contributed by atoms with Gasteiger partial charge in [-0.2, -0.15) is 29.8 Å². The fraction of sp³-hybridized carbons (Fsp3) is 0.519. The summed E-state index contributed by atoms with van der Waals surface area (Å²) in [7, 11) is -12.8. The van der Waals surface area contributed by atoms with Crippen LogP contribution in [0.5, 0.6) is 5.75 Å². The van der Waals surface area contributed by atoms with Crippen LogP contribution in [-0.4, -0.2) is 86.0 Å². The zero-order valence-electron chi connectivity index (χ0n) is 40.2. The SMILES string of the molecule is CC(C)CC(C)C1OC1CCCC1(C)/C(=C\CC2CCCC(/C=C/C3=[N+](CCCS(=O)(=O)O)c4ccccc4C3(C)C)=C2Oc2ccc(S(=O)(=O)O)cc2)N(CCCS(=O)(=O)O)c2ccccc21. The normalized spacial score (nSPS) is 23.8. The molecule has 4 aliphatic rings. The van der Waals surface area contributed by atoms with Gasteiger partial charge in [0.25, 0.3) is 30.4 Å². The van der Waals surface area contributed by atoms with Crippen LogP contribution in [0, 0.1) is 17.8 Å². The van der Waals surface area contributed by atoms with Crippen molar-refractivity contribution < 1.29 is 53.0 Å². The number of epoxide rings is 1. The average Bonchev–Trinajstić information content (AvgIpc) is 3.95. The maximum atomic E-state index is 12.0. The molecule has 68 heavy (non-hydrogen) atoms. The van der Waals surface area contributed by atoms with Gasteiger partial charge in [0.05, 0.1) is 34.0 Å². The van der Waals surface area contributed by atoms with E-state index in [1.807, 2.05) is 30.3 Å². The summed E-state index contributed by atoms with van der Waals surface area (Å²) < 4.78 is 116. The zero-order chi connectivity index (χ0) is 49.2. The summed E-state index contributed by atoms with van der Waals surface area (Å²) in [5.41, 5.74) is 6.34. The van der Waals surface area contributed by atoms with Gasteiger partial charge in [0.15, 0.2) is 5.71 Å². The maximum absolute atomic E-state index is 12.0. The van der Waals surface area contributed by atoms with Crippen molar-refractivity contribution in [3.05, 3.63) is 119 Å². The van der Waals surface area contributed by atoms with Crippen LogP contribution in [-0.2, 0) is 45.9 Å². The lowest BCUT2D eigenvalue weighted by Gasteiger charge is -2.32. The summed E-state index contributed by atoms with van der Waals surface area (Å²) >= 11 is 0. The van der Waals surface area contributed by atoms with Crippen LogP contribution >= 0.6 is 0 Å². The molecule has 3 aliphatic heterocycles. The predicted molar refractivity (Wildman–Crippen MR) is 267 cm³/mol. The van der Waals surface area contributed by atoms with Crippen molar-refractivity contribution in [2.24, 2.45) is 17.8 Å². The molecular weight excluding hydrogens is 925 g/mol. The number of rotatable bonds is 22. The molecule has 5 unspecified atom stereocenters. The van der Waals surface area contributed by atoms with E-state index in [0.717, 1.165) is 83.8 Å². The topological polar surface area (TPSA) is 191 Å². The molecule has 16 heteroatoms. The fourth-order valence-electron chi connectivity index (χ4n) is 11.0. The van der Waals surface area contributed by atoms with E-state index in [4.69, 9.17) is 9.47 Å². The minimum absolute atomic E-state index is 0.127. The Balaban J connectivity index is 1.26. The molecule has 7 rings (SSSR count). The molecular formula is C52H69N2O11S3+. The number of fused-ring (bicyclic) bond motifs is 2. The first-order valence-electron chi connectivity index (χ1n) is 24.0. The van der Waals surface area contributed by atoms with Gasteiger partial charge in [-0.25, -0.2) is 0 Å². The molecule has 1 aliphatic carbocycles. The first-order valence-corrected chi connectivity index (χ1v) is 28.7. The highest BCUT2D eigenvalue weighted by molar-refractivity contribution is 7.86. The lowest BCUT2D eigenvalue weighted by atomic mass is 9.76. The van der Waals surface area contributed by atoms with Gasteiger partial charge in [-0.1, -0.05) is 63.2 Å². The number of benzene rings is 3. The highest BCUT2D eigenvalue weighted by Gasteiger charge is 2.47. The van der Waals surface area contributed by atoms with E-state index in [2.05, 4.69) is 87.4 Å².